The van der Waals surface area contributed by atoms with Crippen molar-refractivity contribution in [1.29, 1.82) is 0 Å². The number of aromatic nitrogens is 1. The highest BCUT2D eigenvalue weighted by molar-refractivity contribution is 7.20. The van der Waals surface area contributed by atoms with Crippen molar-refractivity contribution in [3.05, 3.63) is 77.3 Å². The monoisotopic (exact) mass is 516 g/mol. The highest BCUT2D eigenvalue weighted by atomic mass is 32.1. The highest BCUT2D eigenvalue weighted by Crippen LogP contribution is 2.28. The molecule has 192 valence electrons. The van der Waals surface area contributed by atoms with Gasteiger partial charge in [-0.25, -0.2) is 9.98 Å². The van der Waals surface area contributed by atoms with Crippen molar-refractivity contribution in [3.8, 4) is 17.2 Å². The molecule has 0 fully saturated rings. The third-order valence-electron chi connectivity index (χ3n) is 5.46. The van der Waals surface area contributed by atoms with Gasteiger partial charge in [-0.1, -0.05) is 31.9 Å². The Labute approximate surface area is 221 Å². The fourth-order valence-corrected chi connectivity index (χ4v) is 4.50. The van der Waals surface area contributed by atoms with Crippen molar-refractivity contribution in [2.24, 2.45) is 10.1 Å². The van der Waals surface area contributed by atoms with Crippen LogP contribution in [0.1, 0.15) is 43.7 Å². The van der Waals surface area contributed by atoms with Gasteiger partial charge in [0, 0.05) is 0 Å². The summed E-state index contributed by atoms with van der Waals surface area (Å²) in [5, 5.41) is 5.21. The number of hydrogen-bond donors (Lipinski definition) is 1. The Kier molecular flexibility index (Phi) is 9.48. The summed E-state index contributed by atoms with van der Waals surface area (Å²) < 4.78 is 18.0. The van der Waals surface area contributed by atoms with Gasteiger partial charge in [-0.3, -0.25) is 5.43 Å². The SMILES string of the molecule is CCCCCOc1ccc(/C=N/NC(=Nc2ccc(OCC)cc2)c2nc3ccccc3s2)cc1OC. The fourth-order valence-electron chi connectivity index (χ4n) is 3.59. The summed E-state index contributed by atoms with van der Waals surface area (Å²) in [6.45, 7) is 5.43. The van der Waals surface area contributed by atoms with Gasteiger partial charge < -0.3 is 14.2 Å². The third kappa shape index (κ3) is 7.30. The van der Waals surface area contributed by atoms with Gasteiger partial charge in [0.1, 0.15) is 5.75 Å². The van der Waals surface area contributed by atoms with Crippen molar-refractivity contribution in [2.45, 2.75) is 33.1 Å². The second kappa shape index (κ2) is 13.4. The molecule has 0 radical (unpaired) electrons. The maximum atomic E-state index is 5.88. The second-order valence-corrected chi connectivity index (χ2v) is 9.24. The van der Waals surface area contributed by atoms with Crippen LogP contribution in [0.5, 0.6) is 17.2 Å². The predicted molar refractivity (Wildman–Crippen MR) is 152 cm³/mol. The highest BCUT2D eigenvalue weighted by Gasteiger charge is 2.11. The topological polar surface area (TPSA) is 77.3 Å². The first-order valence-corrected chi connectivity index (χ1v) is 13.3. The molecule has 0 aliphatic carbocycles. The van der Waals surface area contributed by atoms with Crippen LogP contribution in [0.2, 0.25) is 0 Å². The molecule has 4 rings (SSSR count). The van der Waals surface area contributed by atoms with Gasteiger partial charge in [0.2, 0.25) is 0 Å². The normalized spacial score (nSPS) is 11.7. The van der Waals surface area contributed by atoms with Crippen LogP contribution in [0.3, 0.4) is 0 Å². The van der Waals surface area contributed by atoms with Crippen molar-refractivity contribution in [1.82, 2.24) is 10.4 Å². The number of hydrazone groups is 1. The van der Waals surface area contributed by atoms with E-state index in [1.54, 1.807) is 24.7 Å². The fraction of sp³-hybridized carbons (Fsp3) is 0.276. The molecule has 0 saturated carbocycles. The Bertz CT molecular complexity index is 1320. The lowest BCUT2D eigenvalue weighted by molar-refractivity contribution is 0.286. The largest absolute Gasteiger partial charge is 0.494 e. The average molecular weight is 517 g/mol. The van der Waals surface area contributed by atoms with E-state index in [0.717, 1.165) is 57.2 Å². The molecule has 0 spiro atoms. The molecule has 0 bridgehead atoms. The number of benzene rings is 3. The smallest absolute Gasteiger partial charge is 0.183 e. The molecule has 37 heavy (non-hydrogen) atoms. The molecule has 0 saturated heterocycles. The Hall–Kier alpha value is -3.91. The average Bonchev–Trinajstić information content (AvgIpc) is 3.36. The number of hydrogen-bond acceptors (Lipinski definition) is 7. The maximum absolute atomic E-state index is 5.88. The standard InChI is InChI=1S/C29H32N4O3S/c1-4-6-9-18-36-25-17-12-21(19-26(25)34-3)20-30-33-28(29-32-24-10-7-8-11-27(24)37-29)31-22-13-15-23(16-14-22)35-5-2/h7-8,10-17,19-20H,4-6,9,18H2,1-3H3,(H,31,33)/b30-20+. The van der Waals surface area contributed by atoms with Crippen LogP contribution in [-0.4, -0.2) is 37.4 Å². The van der Waals surface area contributed by atoms with E-state index in [1.807, 2.05) is 73.7 Å². The molecule has 0 aliphatic heterocycles. The molecule has 4 aromatic rings. The zero-order valence-electron chi connectivity index (χ0n) is 21.4. The van der Waals surface area contributed by atoms with E-state index < -0.39 is 0 Å². The van der Waals surface area contributed by atoms with Crippen molar-refractivity contribution in [2.75, 3.05) is 20.3 Å². The maximum Gasteiger partial charge on any atom is 0.183 e. The molecular weight excluding hydrogens is 484 g/mol. The zero-order valence-corrected chi connectivity index (χ0v) is 22.3. The Morgan fingerprint density at radius 3 is 2.57 bits per heavy atom. The Morgan fingerprint density at radius 1 is 0.973 bits per heavy atom. The Balaban J connectivity index is 1.54. The third-order valence-corrected chi connectivity index (χ3v) is 6.51. The van der Waals surface area contributed by atoms with Crippen LogP contribution < -0.4 is 19.6 Å². The summed E-state index contributed by atoms with van der Waals surface area (Å²) >= 11 is 1.56. The molecular formula is C29H32N4O3S. The molecule has 3 aromatic carbocycles. The minimum Gasteiger partial charge on any atom is -0.494 e. The second-order valence-electron chi connectivity index (χ2n) is 8.21. The van der Waals surface area contributed by atoms with Crippen LogP contribution >= 0.6 is 11.3 Å². The van der Waals surface area contributed by atoms with Gasteiger partial charge in [0.25, 0.3) is 0 Å². The summed E-state index contributed by atoms with van der Waals surface area (Å²) in [6, 6.07) is 21.4. The number of amidine groups is 1. The van der Waals surface area contributed by atoms with Gasteiger partial charge in [-0.2, -0.15) is 5.10 Å². The van der Waals surface area contributed by atoms with Crippen LogP contribution in [0.15, 0.2) is 76.8 Å². The van der Waals surface area contributed by atoms with Crippen molar-refractivity contribution in [3.63, 3.8) is 0 Å². The van der Waals surface area contributed by atoms with Gasteiger partial charge in [-0.05, 0) is 73.5 Å². The lowest BCUT2D eigenvalue weighted by Gasteiger charge is -2.11. The van der Waals surface area contributed by atoms with Crippen LogP contribution in [0, 0.1) is 0 Å². The lowest BCUT2D eigenvalue weighted by atomic mass is 10.2. The van der Waals surface area contributed by atoms with Crippen LogP contribution in [0.4, 0.5) is 5.69 Å². The van der Waals surface area contributed by atoms with Gasteiger partial charge in [0.15, 0.2) is 22.3 Å². The van der Waals surface area contributed by atoms with Crippen molar-refractivity contribution < 1.29 is 14.2 Å². The van der Waals surface area contributed by atoms with E-state index >= 15 is 0 Å². The van der Waals surface area contributed by atoms with Crippen LogP contribution in [0.25, 0.3) is 10.2 Å². The quantitative estimate of drug-likeness (QED) is 0.0952. The lowest BCUT2D eigenvalue weighted by Crippen LogP contribution is -2.18. The molecule has 0 atom stereocenters. The Morgan fingerprint density at radius 2 is 1.81 bits per heavy atom. The first kappa shape index (κ1) is 26.2. The van der Waals surface area contributed by atoms with Gasteiger partial charge in [0.05, 0.1) is 42.4 Å². The van der Waals surface area contributed by atoms with E-state index in [9.17, 15) is 0 Å². The van der Waals surface area contributed by atoms with E-state index in [4.69, 9.17) is 24.2 Å². The first-order valence-electron chi connectivity index (χ1n) is 12.5. The van der Waals surface area contributed by atoms with Crippen molar-refractivity contribution >= 4 is 39.3 Å². The molecule has 1 aromatic heterocycles. The van der Waals surface area contributed by atoms with Gasteiger partial charge >= 0.3 is 0 Å². The molecule has 1 heterocycles. The number of fused-ring (bicyclic) bond motifs is 1. The molecule has 8 heteroatoms. The number of unbranched alkanes of at least 4 members (excludes halogenated alkanes) is 2. The number of ether oxygens (including phenoxy) is 3. The van der Waals surface area contributed by atoms with Gasteiger partial charge in [-0.15, -0.1) is 11.3 Å². The number of rotatable bonds is 12. The number of aliphatic imine (C=N–C) groups is 1. The molecule has 0 unspecified atom stereocenters. The zero-order chi connectivity index (χ0) is 25.9. The predicted octanol–water partition coefficient (Wildman–Crippen LogP) is 6.97. The molecule has 7 nitrogen and oxygen atoms in total. The van der Waals surface area contributed by atoms with E-state index in [1.165, 1.54) is 0 Å². The molecule has 1 N–H and O–H groups in total. The summed E-state index contributed by atoms with van der Waals surface area (Å²) in [5.74, 6) is 2.77. The number of para-hydroxylation sites is 1. The summed E-state index contributed by atoms with van der Waals surface area (Å²) in [5.41, 5.74) is 5.66. The number of nitrogens with one attached hydrogen (secondary N) is 1. The number of thiazole rings is 1. The number of nitrogens with zero attached hydrogens (tertiary/aromatic N) is 3. The van der Waals surface area contributed by atoms with E-state index in [0.29, 0.717) is 24.8 Å². The minimum absolute atomic E-state index is 0.560. The summed E-state index contributed by atoms with van der Waals surface area (Å²) in [6.07, 6.45) is 5.05. The summed E-state index contributed by atoms with van der Waals surface area (Å²) in [7, 11) is 1.64. The van der Waals surface area contributed by atoms with E-state index in [-0.39, 0.29) is 0 Å². The summed E-state index contributed by atoms with van der Waals surface area (Å²) in [4.78, 5) is 9.55. The first-order chi connectivity index (χ1) is 18.2. The van der Waals surface area contributed by atoms with Crippen LogP contribution in [-0.2, 0) is 0 Å². The minimum atomic E-state index is 0.560. The molecule has 0 amide bonds. The number of methoxy groups -OCH3 is 1. The van der Waals surface area contributed by atoms with E-state index in [2.05, 4.69) is 17.5 Å². The molecule has 0 aliphatic rings.